The zero-order valence-electron chi connectivity index (χ0n) is 11.8. The van der Waals surface area contributed by atoms with Crippen LogP contribution in [0.1, 0.15) is 17.3 Å². The molecule has 0 atom stereocenters. The van der Waals surface area contributed by atoms with Crippen molar-refractivity contribution >= 4 is 16.0 Å². The summed E-state index contributed by atoms with van der Waals surface area (Å²) in [7, 11) is -4.21. The smallest absolute Gasteiger partial charge is 0.294 e. The van der Waals surface area contributed by atoms with Gasteiger partial charge in [0.1, 0.15) is 11.5 Å². The number of hydrogen-bond donors (Lipinski definition) is 2. The maximum Gasteiger partial charge on any atom is 0.294 e. The number of hydrogen-bond acceptors (Lipinski definition) is 4. The number of nitrogens with one attached hydrogen (secondary N) is 1. The van der Waals surface area contributed by atoms with Crippen LogP contribution >= 0.6 is 0 Å². The first-order chi connectivity index (χ1) is 10.4. The summed E-state index contributed by atoms with van der Waals surface area (Å²) in [5.74, 6) is 0.761. The molecule has 6 nitrogen and oxygen atoms in total. The molecule has 2 rings (SSSR count). The molecule has 0 saturated heterocycles. The normalized spacial score (nSPS) is 11.0. The summed E-state index contributed by atoms with van der Waals surface area (Å²) >= 11 is 0. The monoisotopic (exact) mass is 321 g/mol. The lowest BCUT2D eigenvalue weighted by molar-refractivity contribution is 0.0956. The van der Waals surface area contributed by atoms with Gasteiger partial charge in [0, 0.05) is 12.1 Å². The van der Waals surface area contributed by atoms with Crippen molar-refractivity contribution < 1.29 is 22.5 Å². The van der Waals surface area contributed by atoms with Crippen LogP contribution < -0.4 is 10.1 Å². The maximum absolute atomic E-state index is 11.6. The van der Waals surface area contributed by atoms with Gasteiger partial charge >= 0.3 is 0 Å². The third-order valence-electron chi connectivity index (χ3n) is 2.81. The topological polar surface area (TPSA) is 92.7 Å². The summed E-state index contributed by atoms with van der Waals surface area (Å²) in [5.41, 5.74) is 0.524. The molecule has 0 aliphatic carbocycles. The van der Waals surface area contributed by atoms with Gasteiger partial charge in [-0.1, -0.05) is 0 Å². The van der Waals surface area contributed by atoms with Crippen LogP contribution in [-0.2, 0) is 10.1 Å². The van der Waals surface area contributed by atoms with Crippen LogP contribution in [0.25, 0.3) is 0 Å². The fourth-order valence-corrected chi connectivity index (χ4v) is 2.23. The zero-order valence-corrected chi connectivity index (χ0v) is 12.6. The minimum Gasteiger partial charge on any atom is -0.457 e. The summed E-state index contributed by atoms with van der Waals surface area (Å²) in [6.07, 6.45) is 0. The Morgan fingerprint density at radius 1 is 1.05 bits per heavy atom. The lowest BCUT2D eigenvalue weighted by Gasteiger charge is -2.07. The molecule has 0 fully saturated rings. The van der Waals surface area contributed by atoms with Gasteiger partial charge in [-0.2, -0.15) is 8.42 Å². The van der Waals surface area contributed by atoms with Gasteiger partial charge in [0.25, 0.3) is 16.0 Å². The van der Waals surface area contributed by atoms with Crippen LogP contribution in [0, 0.1) is 0 Å². The Bertz CT molecular complexity index is 752. The molecule has 0 aliphatic rings. The van der Waals surface area contributed by atoms with Crippen LogP contribution in [0.15, 0.2) is 53.4 Å². The molecule has 0 aromatic heterocycles. The van der Waals surface area contributed by atoms with E-state index in [2.05, 4.69) is 5.32 Å². The second-order valence-electron chi connectivity index (χ2n) is 4.43. The Morgan fingerprint density at radius 2 is 1.55 bits per heavy atom. The molecule has 2 aromatic rings. The van der Waals surface area contributed by atoms with Gasteiger partial charge in [-0.3, -0.25) is 9.35 Å². The molecular weight excluding hydrogens is 306 g/mol. The van der Waals surface area contributed by atoms with Crippen molar-refractivity contribution in [2.75, 3.05) is 6.54 Å². The first-order valence-electron chi connectivity index (χ1n) is 6.54. The number of rotatable bonds is 5. The minimum absolute atomic E-state index is 0.161. The zero-order chi connectivity index (χ0) is 16.2. The van der Waals surface area contributed by atoms with E-state index in [1.54, 1.807) is 24.3 Å². The van der Waals surface area contributed by atoms with Gasteiger partial charge in [-0.15, -0.1) is 0 Å². The maximum atomic E-state index is 11.6. The largest absolute Gasteiger partial charge is 0.457 e. The molecular formula is C15H15NO5S. The number of carbonyl (C=O) groups is 1. The SMILES string of the molecule is CCNC(=O)c1ccc(Oc2ccc(S(=O)(=O)O)cc2)cc1. The molecule has 0 unspecified atom stereocenters. The van der Waals surface area contributed by atoms with Crippen LogP contribution in [0.5, 0.6) is 11.5 Å². The number of amides is 1. The Kier molecular flexibility index (Phi) is 4.79. The average Bonchev–Trinajstić information content (AvgIpc) is 2.48. The van der Waals surface area contributed by atoms with E-state index in [4.69, 9.17) is 9.29 Å². The fraction of sp³-hybridized carbons (Fsp3) is 0.133. The predicted molar refractivity (Wildman–Crippen MR) is 80.8 cm³/mol. The van der Waals surface area contributed by atoms with Crippen LogP contribution in [-0.4, -0.2) is 25.4 Å². The molecule has 2 N–H and O–H groups in total. The summed E-state index contributed by atoms with van der Waals surface area (Å²) in [4.78, 5) is 11.4. The first kappa shape index (κ1) is 16.0. The second kappa shape index (κ2) is 6.59. The highest BCUT2D eigenvalue weighted by molar-refractivity contribution is 7.85. The van der Waals surface area contributed by atoms with E-state index in [-0.39, 0.29) is 10.8 Å². The van der Waals surface area contributed by atoms with Crippen LogP contribution in [0.2, 0.25) is 0 Å². The Morgan fingerprint density at radius 3 is 2.00 bits per heavy atom. The van der Waals surface area contributed by atoms with Gasteiger partial charge in [0.2, 0.25) is 0 Å². The van der Waals surface area contributed by atoms with E-state index in [0.29, 0.717) is 23.6 Å². The van der Waals surface area contributed by atoms with Gasteiger partial charge in [0.15, 0.2) is 0 Å². The molecule has 0 saturated carbocycles. The second-order valence-corrected chi connectivity index (χ2v) is 5.85. The standard InChI is InChI=1S/C15H15NO5S/c1-2-16-15(17)11-3-5-12(6-4-11)21-13-7-9-14(10-8-13)22(18,19)20/h3-10H,2H2,1H3,(H,16,17)(H,18,19,20). The minimum atomic E-state index is -4.21. The lowest BCUT2D eigenvalue weighted by Crippen LogP contribution is -2.22. The van der Waals surface area contributed by atoms with Crippen molar-refractivity contribution in [3.8, 4) is 11.5 Å². The van der Waals surface area contributed by atoms with Crippen molar-refractivity contribution in [3.63, 3.8) is 0 Å². The molecule has 22 heavy (non-hydrogen) atoms. The summed E-state index contributed by atoms with van der Waals surface area (Å²) < 4.78 is 36.3. The predicted octanol–water partition coefficient (Wildman–Crippen LogP) is 2.48. The van der Waals surface area contributed by atoms with Gasteiger partial charge in [-0.25, -0.2) is 0 Å². The van der Waals surface area contributed by atoms with E-state index < -0.39 is 10.1 Å². The number of benzene rings is 2. The van der Waals surface area contributed by atoms with E-state index >= 15 is 0 Å². The highest BCUT2D eigenvalue weighted by Crippen LogP contribution is 2.23. The highest BCUT2D eigenvalue weighted by Gasteiger charge is 2.09. The first-order valence-corrected chi connectivity index (χ1v) is 7.98. The molecule has 0 aliphatic heterocycles. The Balaban J connectivity index is 2.09. The Labute approximate surface area is 128 Å². The van der Waals surface area contributed by atoms with Crippen molar-refractivity contribution in [2.45, 2.75) is 11.8 Å². The number of ether oxygens (including phenoxy) is 1. The van der Waals surface area contributed by atoms with E-state index in [9.17, 15) is 13.2 Å². The average molecular weight is 321 g/mol. The van der Waals surface area contributed by atoms with Gasteiger partial charge in [0.05, 0.1) is 4.90 Å². The molecule has 2 aromatic carbocycles. The molecule has 116 valence electrons. The fourth-order valence-electron chi connectivity index (χ4n) is 1.75. The molecule has 0 heterocycles. The highest BCUT2D eigenvalue weighted by atomic mass is 32.2. The summed E-state index contributed by atoms with van der Waals surface area (Å²) in [6.45, 7) is 2.39. The number of carbonyl (C=O) groups excluding carboxylic acids is 1. The Hall–Kier alpha value is -2.38. The van der Waals surface area contributed by atoms with Crippen molar-refractivity contribution in [2.24, 2.45) is 0 Å². The van der Waals surface area contributed by atoms with E-state index in [1.165, 1.54) is 24.3 Å². The molecule has 1 amide bonds. The summed E-state index contributed by atoms with van der Waals surface area (Å²) in [6, 6.07) is 11.9. The molecule has 0 bridgehead atoms. The van der Waals surface area contributed by atoms with Crippen LogP contribution in [0.4, 0.5) is 0 Å². The molecule has 0 spiro atoms. The summed E-state index contributed by atoms with van der Waals surface area (Å²) in [5, 5.41) is 2.69. The van der Waals surface area contributed by atoms with Gasteiger partial charge < -0.3 is 10.1 Å². The third kappa shape index (κ3) is 4.06. The van der Waals surface area contributed by atoms with E-state index in [0.717, 1.165) is 0 Å². The molecule has 0 radical (unpaired) electrons. The lowest BCUT2D eigenvalue weighted by atomic mass is 10.2. The van der Waals surface area contributed by atoms with Crippen molar-refractivity contribution in [3.05, 3.63) is 54.1 Å². The van der Waals surface area contributed by atoms with Crippen LogP contribution in [0.3, 0.4) is 0 Å². The quantitative estimate of drug-likeness (QED) is 0.825. The van der Waals surface area contributed by atoms with Gasteiger partial charge in [-0.05, 0) is 55.5 Å². The van der Waals surface area contributed by atoms with E-state index in [1.807, 2.05) is 6.92 Å². The van der Waals surface area contributed by atoms with Crippen molar-refractivity contribution in [1.29, 1.82) is 0 Å². The van der Waals surface area contributed by atoms with Crippen molar-refractivity contribution in [1.82, 2.24) is 5.32 Å². The molecule has 7 heteroatoms. The third-order valence-corrected chi connectivity index (χ3v) is 3.68.